The van der Waals surface area contributed by atoms with E-state index >= 15 is 0 Å². The highest BCUT2D eigenvalue weighted by molar-refractivity contribution is 7.08. The van der Waals surface area contributed by atoms with Gasteiger partial charge < -0.3 is 15.7 Å². The number of anilines is 1. The topological polar surface area (TPSA) is 91.3 Å². The molecule has 2 aromatic heterocycles. The smallest absolute Gasteiger partial charge is 0.404 e. The van der Waals surface area contributed by atoms with Gasteiger partial charge in [-0.1, -0.05) is 13.0 Å². The van der Waals surface area contributed by atoms with Crippen LogP contribution in [0.3, 0.4) is 0 Å². The van der Waals surface area contributed by atoms with Crippen LogP contribution in [-0.2, 0) is 4.79 Å². The lowest BCUT2D eigenvalue weighted by molar-refractivity contribution is -0.119. The van der Waals surface area contributed by atoms with Crippen molar-refractivity contribution in [2.24, 2.45) is 5.92 Å². The van der Waals surface area contributed by atoms with E-state index in [1.165, 1.54) is 0 Å². The second kappa shape index (κ2) is 9.34. The summed E-state index contributed by atoms with van der Waals surface area (Å²) in [6, 6.07) is 11.6. The van der Waals surface area contributed by atoms with Crippen LogP contribution in [0.5, 0.6) is 0 Å². The van der Waals surface area contributed by atoms with E-state index in [0.29, 0.717) is 6.42 Å². The summed E-state index contributed by atoms with van der Waals surface area (Å²) >= 11 is 1.60. The summed E-state index contributed by atoms with van der Waals surface area (Å²) in [6.45, 7) is 3.54. The van der Waals surface area contributed by atoms with E-state index in [0.717, 1.165) is 27.9 Å². The van der Waals surface area contributed by atoms with Crippen molar-refractivity contribution in [3.63, 3.8) is 0 Å². The second-order valence-corrected chi connectivity index (χ2v) is 7.76. The van der Waals surface area contributed by atoms with Crippen LogP contribution in [0.1, 0.15) is 20.3 Å². The molecule has 2 unspecified atom stereocenters. The van der Waals surface area contributed by atoms with Gasteiger partial charge in [-0.05, 0) is 71.1 Å². The molecule has 150 valence electrons. The van der Waals surface area contributed by atoms with E-state index in [1.54, 1.807) is 37.6 Å². The molecule has 0 bridgehead atoms. The minimum absolute atomic E-state index is 0.142. The van der Waals surface area contributed by atoms with Crippen LogP contribution in [0.4, 0.5) is 10.5 Å². The van der Waals surface area contributed by atoms with Crippen molar-refractivity contribution in [2.45, 2.75) is 26.3 Å². The van der Waals surface area contributed by atoms with Gasteiger partial charge in [0.15, 0.2) is 0 Å². The van der Waals surface area contributed by atoms with E-state index < -0.39 is 6.09 Å². The highest BCUT2D eigenvalue weighted by Crippen LogP contribution is 2.34. The molecule has 2 heterocycles. The van der Waals surface area contributed by atoms with Crippen LogP contribution >= 0.6 is 11.3 Å². The van der Waals surface area contributed by atoms with Gasteiger partial charge in [0.25, 0.3) is 0 Å². The third-order valence-electron chi connectivity index (χ3n) is 4.65. The van der Waals surface area contributed by atoms with Crippen LogP contribution in [-0.4, -0.2) is 28.1 Å². The zero-order chi connectivity index (χ0) is 20.8. The largest absolute Gasteiger partial charge is 0.465 e. The lowest BCUT2D eigenvalue weighted by atomic mass is 9.98. The summed E-state index contributed by atoms with van der Waals surface area (Å²) < 4.78 is 0. The van der Waals surface area contributed by atoms with E-state index in [4.69, 9.17) is 5.11 Å². The van der Waals surface area contributed by atoms with Crippen molar-refractivity contribution in [1.82, 2.24) is 10.3 Å². The minimum atomic E-state index is -1.09. The Kier molecular flexibility index (Phi) is 6.61. The number of hydrogen-bond donors (Lipinski definition) is 3. The number of nitrogens with one attached hydrogen (secondary N) is 2. The van der Waals surface area contributed by atoms with Gasteiger partial charge in [0, 0.05) is 35.6 Å². The summed E-state index contributed by atoms with van der Waals surface area (Å²) in [7, 11) is 0. The molecule has 3 rings (SSSR count). The number of pyridine rings is 1. The molecule has 3 N–H and O–H groups in total. The van der Waals surface area contributed by atoms with Crippen LogP contribution in [0.15, 0.2) is 59.6 Å². The van der Waals surface area contributed by atoms with Gasteiger partial charge in [0.1, 0.15) is 0 Å². The molecule has 0 saturated carbocycles. The molecule has 29 heavy (non-hydrogen) atoms. The van der Waals surface area contributed by atoms with Crippen molar-refractivity contribution in [2.75, 3.05) is 5.32 Å². The first-order valence-electron chi connectivity index (χ1n) is 9.31. The molecule has 0 saturated heterocycles. The number of aromatic nitrogens is 1. The summed E-state index contributed by atoms with van der Waals surface area (Å²) in [5.41, 5.74) is 4.81. The average molecular weight is 410 g/mol. The lowest BCUT2D eigenvalue weighted by Crippen LogP contribution is -2.34. The molecule has 1 aromatic carbocycles. The summed E-state index contributed by atoms with van der Waals surface area (Å²) in [5, 5.41) is 18.3. The molecule has 0 spiro atoms. The maximum atomic E-state index is 12.7. The quantitative estimate of drug-likeness (QED) is 0.506. The van der Waals surface area contributed by atoms with Crippen molar-refractivity contribution < 1.29 is 14.7 Å². The Labute approximate surface area is 173 Å². The number of carbonyl (C=O) groups excluding carboxylic acids is 1. The number of hydrogen-bond acceptors (Lipinski definition) is 4. The highest BCUT2D eigenvalue weighted by Gasteiger charge is 2.19. The molecule has 0 aliphatic rings. The highest BCUT2D eigenvalue weighted by atomic mass is 32.1. The summed E-state index contributed by atoms with van der Waals surface area (Å²) in [4.78, 5) is 27.5. The summed E-state index contributed by atoms with van der Waals surface area (Å²) in [6.07, 6.45) is 2.84. The van der Waals surface area contributed by atoms with Crippen molar-refractivity contribution in [3.05, 3.63) is 59.6 Å². The molecular formula is C22H23N3O3S. The monoisotopic (exact) mass is 409 g/mol. The van der Waals surface area contributed by atoms with Gasteiger partial charge in [-0.15, -0.1) is 0 Å². The van der Waals surface area contributed by atoms with Crippen molar-refractivity contribution >= 4 is 29.0 Å². The fraction of sp³-hybridized carbons (Fsp3) is 0.227. The van der Waals surface area contributed by atoms with Gasteiger partial charge in [0.05, 0.1) is 0 Å². The first-order valence-corrected chi connectivity index (χ1v) is 10.3. The average Bonchev–Trinajstić information content (AvgIpc) is 3.22. The number of carbonyl (C=O) groups is 2. The molecule has 2 atom stereocenters. The fourth-order valence-electron chi connectivity index (χ4n) is 3.20. The van der Waals surface area contributed by atoms with Crippen molar-refractivity contribution in [3.8, 4) is 22.3 Å². The number of rotatable bonds is 7. The zero-order valence-corrected chi connectivity index (χ0v) is 17.1. The molecule has 7 heteroatoms. The Bertz CT molecular complexity index is 974. The van der Waals surface area contributed by atoms with Crippen molar-refractivity contribution in [1.29, 1.82) is 0 Å². The molecule has 2 amide bonds. The molecule has 0 aliphatic carbocycles. The van der Waals surface area contributed by atoms with Crippen LogP contribution < -0.4 is 10.6 Å². The summed E-state index contributed by atoms with van der Waals surface area (Å²) in [5.74, 6) is -0.482. The Morgan fingerprint density at radius 2 is 1.83 bits per heavy atom. The van der Waals surface area contributed by atoms with Gasteiger partial charge >= 0.3 is 6.09 Å². The Balaban J connectivity index is 1.83. The first kappa shape index (κ1) is 20.5. The standard InChI is InChI=1S/C22H23N3O3S/c1-14(11-15(2)24-22(27)28)21(26)25-20-4-3-17(16-5-8-23-9-6-16)12-19(20)18-7-10-29-13-18/h3-10,12-15,24H,11H2,1-2H3,(H,25,26)(H,27,28). The maximum absolute atomic E-state index is 12.7. The second-order valence-electron chi connectivity index (χ2n) is 6.98. The van der Waals surface area contributed by atoms with E-state index in [9.17, 15) is 9.59 Å². The fourth-order valence-corrected chi connectivity index (χ4v) is 3.85. The minimum Gasteiger partial charge on any atom is -0.465 e. The van der Waals surface area contributed by atoms with E-state index in [-0.39, 0.29) is 17.9 Å². The molecule has 3 aromatic rings. The third-order valence-corrected chi connectivity index (χ3v) is 5.33. The van der Waals surface area contributed by atoms with Crippen LogP contribution in [0.25, 0.3) is 22.3 Å². The number of benzene rings is 1. The molecule has 0 fully saturated rings. The Morgan fingerprint density at radius 1 is 1.07 bits per heavy atom. The molecule has 0 aliphatic heterocycles. The van der Waals surface area contributed by atoms with Gasteiger partial charge in [0.2, 0.25) is 5.91 Å². The SMILES string of the molecule is CC(CC(C)C(=O)Nc1ccc(-c2ccncc2)cc1-c1ccsc1)NC(=O)O. The Hall–Kier alpha value is -3.19. The van der Waals surface area contributed by atoms with Gasteiger partial charge in [-0.3, -0.25) is 9.78 Å². The van der Waals surface area contributed by atoms with Crippen LogP contribution in [0.2, 0.25) is 0 Å². The molecular weight excluding hydrogens is 386 g/mol. The zero-order valence-electron chi connectivity index (χ0n) is 16.3. The van der Waals surface area contributed by atoms with E-state index in [1.807, 2.05) is 41.1 Å². The third kappa shape index (κ3) is 5.42. The maximum Gasteiger partial charge on any atom is 0.404 e. The van der Waals surface area contributed by atoms with Gasteiger partial charge in [-0.25, -0.2) is 4.79 Å². The number of amides is 2. The number of nitrogens with zero attached hydrogens (tertiary/aromatic N) is 1. The van der Waals surface area contributed by atoms with Gasteiger partial charge in [-0.2, -0.15) is 11.3 Å². The number of carboxylic acid groups (broad SMARTS) is 1. The van der Waals surface area contributed by atoms with Crippen LogP contribution in [0, 0.1) is 5.92 Å². The predicted molar refractivity (Wildman–Crippen MR) is 116 cm³/mol. The molecule has 0 radical (unpaired) electrons. The predicted octanol–water partition coefficient (Wildman–Crippen LogP) is 5.10. The molecule has 6 nitrogen and oxygen atoms in total. The Morgan fingerprint density at radius 3 is 2.48 bits per heavy atom. The lowest BCUT2D eigenvalue weighted by Gasteiger charge is -2.18. The normalized spacial score (nSPS) is 12.8. The number of thiophene rings is 1. The first-order chi connectivity index (χ1) is 13.9. The van der Waals surface area contributed by atoms with E-state index in [2.05, 4.69) is 21.7 Å².